The second-order valence-corrected chi connectivity index (χ2v) is 2.73. The minimum absolute atomic E-state index is 0.152. The molecule has 0 aliphatic carbocycles. The first-order valence-electron chi connectivity index (χ1n) is 3.91. The first-order chi connectivity index (χ1) is 6.27. The summed E-state index contributed by atoms with van der Waals surface area (Å²) in [5.74, 6) is -0.970. The minimum Gasteiger partial charge on any atom is -0.477 e. The van der Waals surface area contributed by atoms with Gasteiger partial charge in [-0.05, 0) is 12.1 Å². The standard InChI is InChI=1S/C9H8N2O2/c12-9(13)8-5-10-6-3-1-2-4-7(6)11-8/h1-4,10H,5H2,(H,12,13). The van der Waals surface area contributed by atoms with Crippen LogP contribution in [0, 0.1) is 0 Å². The molecular formula is C9H8N2O2. The molecular weight excluding hydrogens is 168 g/mol. The third-order valence-electron chi connectivity index (χ3n) is 1.85. The zero-order valence-electron chi connectivity index (χ0n) is 6.82. The van der Waals surface area contributed by atoms with E-state index >= 15 is 0 Å². The maximum atomic E-state index is 10.6. The van der Waals surface area contributed by atoms with Crippen LogP contribution in [0.25, 0.3) is 0 Å². The van der Waals surface area contributed by atoms with Gasteiger partial charge in [0.2, 0.25) is 0 Å². The molecule has 2 N–H and O–H groups in total. The van der Waals surface area contributed by atoms with Crippen molar-refractivity contribution in [3.05, 3.63) is 24.3 Å². The summed E-state index contributed by atoms with van der Waals surface area (Å²) in [7, 11) is 0. The molecule has 4 nitrogen and oxygen atoms in total. The summed E-state index contributed by atoms with van der Waals surface area (Å²) in [6, 6.07) is 7.36. The normalized spacial score (nSPS) is 14.0. The number of carboxylic acid groups (broad SMARTS) is 1. The highest BCUT2D eigenvalue weighted by Gasteiger charge is 2.15. The van der Waals surface area contributed by atoms with Crippen LogP contribution in [0.5, 0.6) is 0 Å². The van der Waals surface area contributed by atoms with Crippen molar-refractivity contribution in [2.75, 3.05) is 11.9 Å². The van der Waals surface area contributed by atoms with Crippen LogP contribution in [-0.4, -0.2) is 23.3 Å². The van der Waals surface area contributed by atoms with Gasteiger partial charge in [-0.2, -0.15) is 0 Å². The highest BCUT2D eigenvalue weighted by atomic mass is 16.4. The van der Waals surface area contributed by atoms with E-state index in [4.69, 9.17) is 5.11 Å². The summed E-state index contributed by atoms with van der Waals surface area (Å²) < 4.78 is 0. The van der Waals surface area contributed by atoms with E-state index in [1.807, 2.05) is 18.2 Å². The van der Waals surface area contributed by atoms with Crippen molar-refractivity contribution in [2.45, 2.75) is 0 Å². The van der Waals surface area contributed by atoms with Crippen LogP contribution in [0.3, 0.4) is 0 Å². The van der Waals surface area contributed by atoms with Gasteiger partial charge in [0.1, 0.15) is 5.71 Å². The topological polar surface area (TPSA) is 61.7 Å². The predicted octanol–water partition coefficient (Wildman–Crippen LogP) is 1.27. The number of hydrogen-bond donors (Lipinski definition) is 2. The monoisotopic (exact) mass is 176 g/mol. The van der Waals surface area contributed by atoms with E-state index < -0.39 is 5.97 Å². The predicted molar refractivity (Wildman–Crippen MR) is 49.7 cm³/mol. The number of carboxylic acids is 1. The molecule has 0 fully saturated rings. The quantitative estimate of drug-likeness (QED) is 0.677. The van der Waals surface area contributed by atoms with Crippen LogP contribution in [0.15, 0.2) is 29.3 Å². The van der Waals surface area contributed by atoms with Gasteiger partial charge in [0.15, 0.2) is 0 Å². The van der Waals surface area contributed by atoms with E-state index in [0.29, 0.717) is 5.69 Å². The van der Waals surface area contributed by atoms with Gasteiger partial charge in [-0.15, -0.1) is 0 Å². The average molecular weight is 176 g/mol. The van der Waals surface area contributed by atoms with Gasteiger partial charge in [0.05, 0.1) is 17.9 Å². The Labute approximate surface area is 74.9 Å². The van der Waals surface area contributed by atoms with Gasteiger partial charge in [0.25, 0.3) is 0 Å². The zero-order valence-corrected chi connectivity index (χ0v) is 6.82. The lowest BCUT2D eigenvalue weighted by atomic mass is 10.2. The summed E-state index contributed by atoms with van der Waals surface area (Å²) in [6.07, 6.45) is 0. The fourth-order valence-corrected chi connectivity index (χ4v) is 1.21. The summed E-state index contributed by atoms with van der Waals surface area (Å²) in [5, 5.41) is 11.7. The molecule has 1 aromatic rings. The molecule has 0 amide bonds. The molecule has 0 bridgehead atoms. The Morgan fingerprint density at radius 2 is 2.23 bits per heavy atom. The molecule has 1 heterocycles. The maximum Gasteiger partial charge on any atom is 0.352 e. The molecule has 0 spiro atoms. The Morgan fingerprint density at radius 3 is 3.00 bits per heavy atom. The summed E-state index contributed by atoms with van der Waals surface area (Å²) in [5.41, 5.74) is 1.72. The second kappa shape index (κ2) is 2.90. The van der Waals surface area contributed by atoms with Crippen molar-refractivity contribution >= 4 is 23.1 Å². The number of fused-ring (bicyclic) bond motifs is 1. The highest BCUT2D eigenvalue weighted by Crippen LogP contribution is 2.26. The zero-order chi connectivity index (χ0) is 9.26. The van der Waals surface area contributed by atoms with E-state index in [2.05, 4.69) is 10.3 Å². The molecule has 0 saturated heterocycles. The van der Waals surface area contributed by atoms with Crippen molar-refractivity contribution in [3.63, 3.8) is 0 Å². The number of rotatable bonds is 1. The van der Waals surface area contributed by atoms with Gasteiger partial charge in [-0.1, -0.05) is 12.1 Å². The smallest absolute Gasteiger partial charge is 0.352 e. The number of anilines is 1. The molecule has 1 aliphatic rings. The Bertz CT molecular complexity index is 385. The summed E-state index contributed by atoms with van der Waals surface area (Å²) >= 11 is 0. The molecule has 0 saturated carbocycles. The van der Waals surface area contributed by atoms with E-state index in [1.165, 1.54) is 0 Å². The van der Waals surface area contributed by atoms with Crippen molar-refractivity contribution in [1.29, 1.82) is 0 Å². The number of hydrogen-bond acceptors (Lipinski definition) is 3. The number of nitrogens with zero attached hydrogens (tertiary/aromatic N) is 1. The van der Waals surface area contributed by atoms with Gasteiger partial charge in [0, 0.05) is 0 Å². The van der Waals surface area contributed by atoms with Crippen molar-refractivity contribution in [3.8, 4) is 0 Å². The lowest BCUT2D eigenvalue weighted by molar-refractivity contribution is -0.129. The summed E-state index contributed by atoms with van der Waals surface area (Å²) in [6.45, 7) is 0.284. The van der Waals surface area contributed by atoms with Crippen LogP contribution in [0.4, 0.5) is 11.4 Å². The first kappa shape index (κ1) is 7.79. The fraction of sp³-hybridized carbons (Fsp3) is 0.111. The lowest BCUT2D eigenvalue weighted by Crippen LogP contribution is -2.25. The van der Waals surface area contributed by atoms with Crippen LogP contribution >= 0.6 is 0 Å². The van der Waals surface area contributed by atoms with Gasteiger partial charge >= 0.3 is 5.97 Å². The maximum absolute atomic E-state index is 10.6. The Kier molecular flexibility index (Phi) is 1.73. The SMILES string of the molecule is O=C(O)C1=Nc2ccccc2NC1. The number of carbonyl (C=O) groups is 1. The van der Waals surface area contributed by atoms with E-state index in [-0.39, 0.29) is 12.3 Å². The van der Waals surface area contributed by atoms with Crippen LogP contribution in [0.2, 0.25) is 0 Å². The first-order valence-corrected chi connectivity index (χ1v) is 3.91. The molecule has 13 heavy (non-hydrogen) atoms. The number of nitrogens with one attached hydrogen (secondary N) is 1. The minimum atomic E-state index is -0.970. The Hall–Kier alpha value is -1.84. The van der Waals surface area contributed by atoms with E-state index in [0.717, 1.165) is 5.69 Å². The fourth-order valence-electron chi connectivity index (χ4n) is 1.21. The molecule has 0 atom stereocenters. The molecule has 0 unspecified atom stereocenters. The molecule has 66 valence electrons. The average Bonchev–Trinajstić information content (AvgIpc) is 2.17. The second-order valence-electron chi connectivity index (χ2n) is 2.73. The third kappa shape index (κ3) is 1.38. The van der Waals surface area contributed by atoms with Gasteiger partial charge < -0.3 is 10.4 Å². The lowest BCUT2D eigenvalue weighted by Gasteiger charge is -2.14. The van der Waals surface area contributed by atoms with Gasteiger partial charge in [-0.25, -0.2) is 9.79 Å². The largest absolute Gasteiger partial charge is 0.477 e. The van der Waals surface area contributed by atoms with Crippen molar-refractivity contribution < 1.29 is 9.90 Å². The van der Waals surface area contributed by atoms with E-state index in [1.54, 1.807) is 6.07 Å². The van der Waals surface area contributed by atoms with Crippen molar-refractivity contribution in [1.82, 2.24) is 0 Å². The highest BCUT2D eigenvalue weighted by molar-refractivity contribution is 6.38. The molecule has 2 rings (SSSR count). The third-order valence-corrected chi connectivity index (χ3v) is 1.85. The molecule has 4 heteroatoms. The van der Waals surface area contributed by atoms with E-state index in [9.17, 15) is 4.79 Å². The number of para-hydroxylation sites is 2. The van der Waals surface area contributed by atoms with Crippen LogP contribution < -0.4 is 5.32 Å². The number of aliphatic imine (C=N–C) groups is 1. The number of aliphatic carboxylic acids is 1. The molecule has 0 aromatic heterocycles. The van der Waals surface area contributed by atoms with Gasteiger partial charge in [-0.3, -0.25) is 0 Å². The molecule has 1 aromatic carbocycles. The summed E-state index contributed by atoms with van der Waals surface area (Å²) in [4.78, 5) is 14.6. The molecule has 1 aliphatic heterocycles. The van der Waals surface area contributed by atoms with Crippen LogP contribution in [0.1, 0.15) is 0 Å². The Balaban J connectivity index is 2.44. The Morgan fingerprint density at radius 1 is 1.46 bits per heavy atom. The molecule has 0 radical (unpaired) electrons. The van der Waals surface area contributed by atoms with Crippen LogP contribution in [-0.2, 0) is 4.79 Å². The van der Waals surface area contributed by atoms with Crippen molar-refractivity contribution in [2.24, 2.45) is 4.99 Å². The number of benzene rings is 1.